The number of carbonyl (C=O) groups excluding carboxylic acids is 1. The Morgan fingerprint density at radius 2 is 2.24 bits per heavy atom. The first-order valence-corrected chi connectivity index (χ1v) is 6.11. The Morgan fingerprint density at radius 3 is 2.82 bits per heavy atom. The van der Waals surface area contributed by atoms with Crippen LogP contribution in [0.1, 0.15) is 30.9 Å². The Hall–Kier alpha value is -1.09. The van der Waals surface area contributed by atoms with E-state index in [-0.39, 0.29) is 24.3 Å². The van der Waals surface area contributed by atoms with Crippen molar-refractivity contribution in [1.29, 1.82) is 0 Å². The van der Waals surface area contributed by atoms with Gasteiger partial charge < -0.3 is 4.90 Å². The molecule has 0 aliphatic carbocycles. The monoisotopic (exact) mass is 255 g/mol. The summed E-state index contributed by atoms with van der Waals surface area (Å²) in [7, 11) is 0. The largest absolute Gasteiger partial charge is 0.335 e. The van der Waals surface area contributed by atoms with Crippen LogP contribution in [0, 0.1) is 12.7 Å². The molecule has 0 saturated carbocycles. The highest BCUT2D eigenvalue weighted by atomic mass is 35.5. The number of hydrogen-bond donors (Lipinski definition) is 0. The molecule has 0 unspecified atom stereocenters. The van der Waals surface area contributed by atoms with Gasteiger partial charge in [0.05, 0.1) is 6.54 Å². The van der Waals surface area contributed by atoms with Gasteiger partial charge in [-0.2, -0.15) is 0 Å². The second-order valence-corrected chi connectivity index (χ2v) is 4.97. The Bertz CT molecular complexity index is 461. The van der Waals surface area contributed by atoms with Gasteiger partial charge in [0, 0.05) is 23.0 Å². The summed E-state index contributed by atoms with van der Waals surface area (Å²) in [6.45, 7) is 3.95. The van der Waals surface area contributed by atoms with Crippen LogP contribution in [0.25, 0.3) is 0 Å². The Labute approximate surface area is 105 Å². The molecule has 0 radical (unpaired) electrons. The number of nitrogens with zero attached hydrogens (tertiary/aromatic N) is 1. The Balaban J connectivity index is 2.30. The van der Waals surface area contributed by atoms with Gasteiger partial charge in [0.25, 0.3) is 0 Å². The highest BCUT2D eigenvalue weighted by molar-refractivity contribution is 6.31. The van der Waals surface area contributed by atoms with Crippen molar-refractivity contribution in [3.63, 3.8) is 0 Å². The van der Waals surface area contributed by atoms with Crippen molar-refractivity contribution in [1.82, 2.24) is 4.90 Å². The molecule has 1 aliphatic rings. The smallest absolute Gasteiger partial charge is 0.223 e. The molecule has 92 valence electrons. The fourth-order valence-corrected chi connectivity index (χ4v) is 2.36. The van der Waals surface area contributed by atoms with E-state index in [0.29, 0.717) is 22.6 Å². The molecule has 4 heteroatoms. The van der Waals surface area contributed by atoms with Gasteiger partial charge in [-0.05, 0) is 31.9 Å². The van der Waals surface area contributed by atoms with E-state index in [1.165, 1.54) is 0 Å². The molecule has 1 fully saturated rings. The van der Waals surface area contributed by atoms with Crippen molar-refractivity contribution in [3.8, 4) is 0 Å². The number of halogens is 2. The van der Waals surface area contributed by atoms with E-state index in [1.807, 2.05) is 6.92 Å². The lowest BCUT2D eigenvalue weighted by atomic mass is 10.1. The SMILES string of the molecule is Cc1ccc(Cl)c(CN2C(=O)CC[C@H]2C)c1F. The molecule has 0 bridgehead atoms. The van der Waals surface area contributed by atoms with Gasteiger partial charge in [-0.1, -0.05) is 17.7 Å². The summed E-state index contributed by atoms with van der Waals surface area (Å²) in [6.07, 6.45) is 1.39. The maximum absolute atomic E-state index is 13.9. The third kappa shape index (κ3) is 2.29. The standard InChI is InChI=1S/C13H15ClFNO/c1-8-3-5-11(14)10(13(8)15)7-16-9(2)4-6-12(16)17/h3,5,9H,4,6-7H2,1-2H3/t9-/m1/s1. The number of rotatable bonds is 2. The van der Waals surface area contributed by atoms with E-state index in [9.17, 15) is 9.18 Å². The maximum atomic E-state index is 13.9. The zero-order chi connectivity index (χ0) is 12.6. The summed E-state index contributed by atoms with van der Waals surface area (Å²) < 4.78 is 13.9. The number of carbonyl (C=O) groups is 1. The molecule has 2 rings (SSSR count). The molecule has 2 nitrogen and oxygen atoms in total. The van der Waals surface area contributed by atoms with Gasteiger partial charge in [-0.3, -0.25) is 4.79 Å². The van der Waals surface area contributed by atoms with Crippen LogP contribution in [0.4, 0.5) is 4.39 Å². The van der Waals surface area contributed by atoms with Gasteiger partial charge in [0.15, 0.2) is 0 Å². The average Bonchev–Trinajstić information content (AvgIpc) is 2.60. The van der Waals surface area contributed by atoms with E-state index in [0.717, 1.165) is 6.42 Å². The fraction of sp³-hybridized carbons (Fsp3) is 0.462. The fourth-order valence-electron chi connectivity index (χ4n) is 2.15. The van der Waals surface area contributed by atoms with Crippen LogP contribution in [0.2, 0.25) is 5.02 Å². The summed E-state index contributed by atoms with van der Waals surface area (Å²) in [6, 6.07) is 3.50. The summed E-state index contributed by atoms with van der Waals surface area (Å²) in [5, 5.41) is 0.389. The lowest BCUT2D eigenvalue weighted by Gasteiger charge is -2.22. The van der Waals surface area contributed by atoms with E-state index < -0.39 is 0 Å². The quantitative estimate of drug-likeness (QED) is 0.794. The van der Waals surface area contributed by atoms with Crippen LogP contribution >= 0.6 is 11.6 Å². The molecule has 1 atom stereocenters. The molecule has 1 saturated heterocycles. The third-order valence-electron chi connectivity index (χ3n) is 3.34. The highest BCUT2D eigenvalue weighted by Crippen LogP contribution is 2.27. The minimum absolute atomic E-state index is 0.0782. The molecule has 1 aliphatic heterocycles. The first-order chi connectivity index (χ1) is 8.00. The molecule has 0 N–H and O–H groups in total. The minimum atomic E-state index is -0.301. The van der Waals surface area contributed by atoms with E-state index in [1.54, 1.807) is 24.0 Å². The molecule has 17 heavy (non-hydrogen) atoms. The number of hydrogen-bond acceptors (Lipinski definition) is 1. The maximum Gasteiger partial charge on any atom is 0.223 e. The summed E-state index contributed by atoms with van der Waals surface area (Å²) >= 11 is 6.00. The van der Waals surface area contributed by atoms with Crippen LogP contribution in [-0.2, 0) is 11.3 Å². The molecule has 1 aromatic carbocycles. The highest BCUT2D eigenvalue weighted by Gasteiger charge is 2.28. The lowest BCUT2D eigenvalue weighted by Crippen LogP contribution is -2.30. The molecule has 1 aromatic rings. The molecule has 1 amide bonds. The predicted octanol–water partition coefficient (Wildman–Crippen LogP) is 3.30. The Morgan fingerprint density at radius 1 is 1.53 bits per heavy atom. The first-order valence-electron chi connectivity index (χ1n) is 5.73. The van der Waals surface area contributed by atoms with Crippen LogP contribution in [0.5, 0.6) is 0 Å². The number of amides is 1. The zero-order valence-electron chi connectivity index (χ0n) is 9.96. The number of benzene rings is 1. The average molecular weight is 256 g/mol. The van der Waals surface area contributed by atoms with Gasteiger partial charge >= 0.3 is 0 Å². The first kappa shape index (κ1) is 12.4. The van der Waals surface area contributed by atoms with Crippen molar-refractivity contribution in [2.24, 2.45) is 0 Å². The normalized spacial score (nSPS) is 20.1. The molecule has 0 aromatic heterocycles. The predicted molar refractivity (Wildman–Crippen MR) is 65.4 cm³/mol. The van der Waals surface area contributed by atoms with Crippen LogP contribution in [0.3, 0.4) is 0 Å². The molecule has 0 spiro atoms. The minimum Gasteiger partial charge on any atom is -0.335 e. The second kappa shape index (κ2) is 4.65. The van der Waals surface area contributed by atoms with Gasteiger partial charge in [0.1, 0.15) is 5.82 Å². The van der Waals surface area contributed by atoms with Gasteiger partial charge in [-0.15, -0.1) is 0 Å². The molecular weight excluding hydrogens is 241 g/mol. The van der Waals surface area contributed by atoms with Crippen molar-refractivity contribution >= 4 is 17.5 Å². The Kier molecular flexibility index (Phi) is 3.38. The van der Waals surface area contributed by atoms with Gasteiger partial charge in [0.2, 0.25) is 5.91 Å². The van der Waals surface area contributed by atoms with E-state index in [4.69, 9.17) is 11.6 Å². The number of aryl methyl sites for hydroxylation is 1. The second-order valence-electron chi connectivity index (χ2n) is 4.57. The van der Waals surface area contributed by atoms with Gasteiger partial charge in [-0.25, -0.2) is 4.39 Å². The van der Waals surface area contributed by atoms with Crippen LogP contribution in [0.15, 0.2) is 12.1 Å². The van der Waals surface area contributed by atoms with Crippen LogP contribution < -0.4 is 0 Å². The topological polar surface area (TPSA) is 20.3 Å². The molecule has 1 heterocycles. The molecular formula is C13H15ClFNO. The van der Waals surface area contributed by atoms with E-state index >= 15 is 0 Å². The zero-order valence-corrected chi connectivity index (χ0v) is 10.7. The summed E-state index contributed by atoms with van der Waals surface area (Å²) in [4.78, 5) is 13.4. The third-order valence-corrected chi connectivity index (χ3v) is 3.69. The summed E-state index contributed by atoms with van der Waals surface area (Å²) in [5.41, 5.74) is 0.984. The van der Waals surface area contributed by atoms with Crippen molar-refractivity contribution in [2.45, 2.75) is 39.3 Å². The van der Waals surface area contributed by atoms with Crippen molar-refractivity contribution in [3.05, 3.63) is 34.1 Å². The van der Waals surface area contributed by atoms with Crippen LogP contribution in [-0.4, -0.2) is 16.8 Å². The van der Waals surface area contributed by atoms with Crippen molar-refractivity contribution < 1.29 is 9.18 Å². The van der Waals surface area contributed by atoms with E-state index in [2.05, 4.69) is 0 Å². The van der Waals surface area contributed by atoms with Crippen molar-refractivity contribution in [2.75, 3.05) is 0 Å². The number of likely N-dealkylation sites (tertiary alicyclic amines) is 1. The summed E-state index contributed by atoms with van der Waals surface area (Å²) in [5.74, 6) is -0.223. The lowest BCUT2D eigenvalue weighted by molar-refractivity contribution is -0.129.